The zero-order valence-electron chi connectivity index (χ0n) is 16.3. The number of imide groups is 1. The summed E-state index contributed by atoms with van der Waals surface area (Å²) in [6, 6.07) is 4.06. The van der Waals surface area contributed by atoms with Crippen molar-refractivity contribution in [2.24, 2.45) is 5.92 Å². The number of carbonyl (C=O) groups excluding carboxylic acids is 2. The van der Waals surface area contributed by atoms with Gasteiger partial charge in [-0.1, -0.05) is 13.8 Å². The molecular weight excluding hydrogens is 351 g/mol. The van der Waals surface area contributed by atoms with Gasteiger partial charge in [-0.3, -0.25) is 19.9 Å². The molecule has 1 heterocycles. The number of hydrogen-bond acceptors (Lipinski definition) is 5. The molecule has 2 N–H and O–H groups in total. The fourth-order valence-corrected chi connectivity index (χ4v) is 2.93. The van der Waals surface area contributed by atoms with Crippen molar-refractivity contribution in [3.05, 3.63) is 29.6 Å². The van der Waals surface area contributed by atoms with Gasteiger partial charge in [0, 0.05) is 44.8 Å². The molecule has 1 aliphatic rings. The first-order valence-electron chi connectivity index (χ1n) is 9.22. The fraction of sp³-hybridized carbons (Fsp3) is 0.579. The second kappa shape index (κ2) is 10.2. The van der Waals surface area contributed by atoms with Gasteiger partial charge in [0.1, 0.15) is 11.6 Å². The van der Waals surface area contributed by atoms with E-state index in [1.165, 1.54) is 12.1 Å². The minimum absolute atomic E-state index is 0.187. The molecule has 1 aromatic rings. The largest absolute Gasteiger partial charge is 0.496 e. The number of ether oxygens (including phenoxy) is 1. The minimum Gasteiger partial charge on any atom is -0.496 e. The summed E-state index contributed by atoms with van der Waals surface area (Å²) < 4.78 is 18.8. The molecule has 0 bridgehead atoms. The van der Waals surface area contributed by atoms with Gasteiger partial charge in [0.2, 0.25) is 5.91 Å². The molecule has 0 aromatic heterocycles. The summed E-state index contributed by atoms with van der Waals surface area (Å²) in [6.45, 7) is 8.21. The van der Waals surface area contributed by atoms with Gasteiger partial charge in [-0.25, -0.2) is 9.18 Å². The Hall–Kier alpha value is -2.19. The molecule has 1 saturated heterocycles. The average Bonchev–Trinajstić information content (AvgIpc) is 2.62. The van der Waals surface area contributed by atoms with Crippen LogP contribution in [0.3, 0.4) is 0 Å². The van der Waals surface area contributed by atoms with E-state index in [9.17, 15) is 14.0 Å². The predicted octanol–water partition coefficient (Wildman–Crippen LogP) is 1.43. The van der Waals surface area contributed by atoms with Crippen molar-refractivity contribution in [3.63, 3.8) is 0 Å². The van der Waals surface area contributed by atoms with E-state index in [2.05, 4.69) is 15.5 Å². The summed E-state index contributed by atoms with van der Waals surface area (Å²) in [5, 5.41) is 5.01. The number of nitrogens with one attached hydrogen (secondary N) is 2. The van der Waals surface area contributed by atoms with E-state index in [-0.39, 0.29) is 18.3 Å². The van der Waals surface area contributed by atoms with Crippen molar-refractivity contribution in [2.45, 2.75) is 20.4 Å². The SMILES string of the molecule is COc1ccc(F)cc1CN1CCN(CC(=O)NC(=O)NCC(C)C)CC1. The van der Waals surface area contributed by atoms with Crippen molar-refractivity contribution in [1.82, 2.24) is 20.4 Å². The van der Waals surface area contributed by atoms with Crippen molar-refractivity contribution in [1.29, 1.82) is 0 Å². The Labute approximate surface area is 159 Å². The van der Waals surface area contributed by atoms with Crippen LogP contribution in [0.25, 0.3) is 0 Å². The van der Waals surface area contributed by atoms with Gasteiger partial charge in [-0.2, -0.15) is 0 Å². The van der Waals surface area contributed by atoms with E-state index in [4.69, 9.17) is 4.74 Å². The summed E-state index contributed by atoms with van der Waals surface area (Å²) in [6.07, 6.45) is 0. The molecule has 1 fully saturated rings. The summed E-state index contributed by atoms with van der Waals surface area (Å²) in [5.74, 6) is 0.412. The van der Waals surface area contributed by atoms with Crippen molar-refractivity contribution in [2.75, 3.05) is 46.4 Å². The van der Waals surface area contributed by atoms with Crippen LogP contribution in [0.4, 0.5) is 9.18 Å². The van der Waals surface area contributed by atoms with Crippen LogP contribution in [0, 0.1) is 11.7 Å². The first-order valence-corrected chi connectivity index (χ1v) is 9.22. The molecule has 7 nitrogen and oxygen atoms in total. The van der Waals surface area contributed by atoms with E-state index in [1.54, 1.807) is 13.2 Å². The number of halogens is 1. The lowest BCUT2D eigenvalue weighted by Crippen LogP contribution is -2.51. The maximum Gasteiger partial charge on any atom is 0.321 e. The van der Waals surface area contributed by atoms with E-state index >= 15 is 0 Å². The Morgan fingerprint density at radius 3 is 2.48 bits per heavy atom. The van der Waals surface area contributed by atoms with Gasteiger partial charge in [0.25, 0.3) is 0 Å². The Balaban J connectivity index is 1.74. The maximum absolute atomic E-state index is 13.5. The fourth-order valence-electron chi connectivity index (χ4n) is 2.93. The summed E-state index contributed by atoms with van der Waals surface area (Å²) >= 11 is 0. The number of piperazine rings is 1. The lowest BCUT2D eigenvalue weighted by atomic mass is 10.1. The molecule has 27 heavy (non-hydrogen) atoms. The Morgan fingerprint density at radius 2 is 1.85 bits per heavy atom. The van der Waals surface area contributed by atoms with Crippen LogP contribution in [0.5, 0.6) is 5.75 Å². The number of rotatable bonds is 7. The second-order valence-corrected chi connectivity index (χ2v) is 7.16. The molecule has 0 unspecified atom stereocenters. The lowest BCUT2D eigenvalue weighted by Gasteiger charge is -2.34. The Kier molecular flexibility index (Phi) is 7.99. The molecule has 0 aliphatic carbocycles. The predicted molar refractivity (Wildman–Crippen MR) is 101 cm³/mol. The van der Waals surface area contributed by atoms with Gasteiger partial charge in [0.15, 0.2) is 0 Å². The maximum atomic E-state index is 13.5. The topological polar surface area (TPSA) is 73.9 Å². The van der Waals surface area contributed by atoms with Crippen LogP contribution in [0.1, 0.15) is 19.4 Å². The third-order valence-electron chi connectivity index (χ3n) is 4.39. The number of methoxy groups -OCH3 is 1. The van der Waals surface area contributed by atoms with Crippen molar-refractivity contribution >= 4 is 11.9 Å². The molecule has 3 amide bonds. The smallest absolute Gasteiger partial charge is 0.321 e. The van der Waals surface area contributed by atoms with Gasteiger partial charge in [-0.15, -0.1) is 0 Å². The average molecular weight is 380 g/mol. The minimum atomic E-state index is -0.453. The standard InChI is InChI=1S/C19H29FN4O3/c1-14(2)11-21-19(26)22-18(25)13-24-8-6-23(7-9-24)12-15-10-16(20)4-5-17(15)27-3/h4-5,10,14H,6-9,11-13H2,1-3H3,(H2,21,22,25,26). The van der Waals surface area contributed by atoms with Crippen LogP contribution in [-0.4, -0.2) is 68.1 Å². The third kappa shape index (κ3) is 7.15. The quantitative estimate of drug-likeness (QED) is 0.749. The van der Waals surface area contributed by atoms with E-state index in [1.807, 2.05) is 18.7 Å². The monoisotopic (exact) mass is 380 g/mol. The van der Waals surface area contributed by atoms with Crippen LogP contribution in [-0.2, 0) is 11.3 Å². The number of carbonyl (C=O) groups is 2. The molecule has 0 atom stereocenters. The normalized spacial score (nSPS) is 15.6. The first kappa shape index (κ1) is 21.1. The molecule has 0 radical (unpaired) electrons. The van der Waals surface area contributed by atoms with Crippen LogP contribution < -0.4 is 15.4 Å². The highest BCUT2D eigenvalue weighted by Crippen LogP contribution is 2.21. The number of nitrogens with zero attached hydrogens (tertiary/aromatic N) is 2. The number of urea groups is 1. The van der Waals surface area contributed by atoms with Crippen molar-refractivity contribution in [3.8, 4) is 5.75 Å². The molecular formula is C19H29FN4O3. The van der Waals surface area contributed by atoms with Gasteiger partial charge in [0.05, 0.1) is 13.7 Å². The van der Waals surface area contributed by atoms with E-state index in [0.717, 1.165) is 18.7 Å². The number of amides is 3. The molecule has 0 spiro atoms. The van der Waals surface area contributed by atoms with Gasteiger partial charge >= 0.3 is 6.03 Å². The van der Waals surface area contributed by atoms with Crippen LogP contribution >= 0.6 is 0 Å². The highest BCUT2D eigenvalue weighted by atomic mass is 19.1. The molecule has 2 rings (SSSR count). The second-order valence-electron chi connectivity index (χ2n) is 7.16. The Morgan fingerprint density at radius 1 is 1.19 bits per heavy atom. The van der Waals surface area contributed by atoms with Crippen molar-refractivity contribution < 1.29 is 18.7 Å². The molecule has 150 valence electrons. The number of benzene rings is 1. The molecule has 8 heteroatoms. The summed E-state index contributed by atoms with van der Waals surface area (Å²) in [5.41, 5.74) is 0.811. The summed E-state index contributed by atoms with van der Waals surface area (Å²) in [7, 11) is 1.57. The molecule has 0 saturated carbocycles. The Bertz CT molecular complexity index is 646. The highest BCUT2D eigenvalue weighted by Gasteiger charge is 2.21. The third-order valence-corrected chi connectivity index (χ3v) is 4.39. The van der Waals surface area contributed by atoms with Gasteiger partial charge < -0.3 is 10.1 Å². The van der Waals surface area contributed by atoms with Gasteiger partial charge in [-0.05, 0) is 24.1 Å². The summed E-state index contributed by atoms with van der Waals surface area (Å²) in [4.78, 5) is 27.8. The van der Waals surface area contributed by atoms with Crippen LogP contribution in [0.2, 0.25) is 0 Å². The first-order chi connectivity index (χ1) is 12.9. The highest BCUT2D eigenvalue weighted by molar-refractivity contribution is 5.95. The zero-order valence-corrected chi connectivity index (χ0v) is 16.3. The molecule has 1 aliphatic heterocycles. The molecule has 1 aromatic carbocycles. The lowest BCUT2D eigenvalue weighted by molar-refractivity contribution is -0.121. The number of hydrogen-bond donors (Lipinski definition) is 2. The zero-order chi connectivity index (χ0) is 19.8. The van der Waals surface area contributed by atoms with Crippen LogP contribution in [0.15, 0.2) is 18.2 Å². The van der Waals surface area contributed by atoms with E-state index in [0.29, 0.717) is 37.8 Å². The van der Waals surface area contributed by atoms with E-state index < -0.39 is 6.03 Å².